The van der Waals surface area contributed by atoms with Crippen LogP contribution >= 0.6 is 0 Å². The lowest BCUT2D eigenvalue weighted by molar-refractivity contribution is -0.136. The molecule has 0 atom stereocenters. The van der Waals surface area contributed by atoms with Gasteiger partial charge in [0, 0.05) is 11.6 Å². The summed E-state index contributed by atoms with van der Waals surface area (Å²) in [5, 5.41) is 15.9. The minimum Gasteiger partial charge on any atom is -0.481 e. The van der Waals surface area contributed by atoms with Crippen molar-refractivity contribution in [1.82, 2.24) is 10.2 Å². The topological polar surface area (TPSA) is 81.5 Å². The molecule has 6 heteroatoms. The van der Waals surface area contributed by atoms with Gasteiger partial charge in [-0.25, -0.2) is 0 Å². The summed E-state index contributed by atoms with van der Waals surface area (Å²) in [6.07, 6.45) is -0.172. The Balaban J connectivity index is 3.01. The van der Waals surface area contributed by atoms with Gasteiger partial charge in [0.05, 0.1) is 20.6 Å². The predicted molar refractivity (Wildman–Crippen MR) is 46.5 cm³/mol. The fourth-order valence-electron chi connectivity index (χ4n) is 0.960. The molecule has 1 aromatic rings. The minimum absolute atomic E-state index is 0.172. The third-order valence-corrected chi connectivity index (χ3v) is 1.56. The first-order chi connectivity index (χ1) is 6.67. The SMILES string of the molecule is COc1cc(CC(=O)O)c(OC)nn1. The Hall–Kier alpha value is -1.85. The van der Waals surface area contributed by atoms with Gasteiger partial charge in [-0.05, 0) is 0 Å². The molecule has 0 amide bonds. The third-order valence-electron chi connectivity index (χ3n) is 1.56. The number of carboxylic acid groups (broad SMARTS) is 1. The lowest BCUT2D eigenvalue weighted by atomic mass is 10.2. The number of hydrogen-bond donors (Lipinski definition) is 1. The molecule has 6 nitrogen and oxygen atoms in total. The van der Waals surface area contributed by atoms with Gasteiger partial charge in [-0.15, -0.1) is 10.2 Å². The second-order valence-corrected chi connectivity index (χ2v) is 2.49. The maximum Gasteiger partial charge on any atom is 0.308 e. The van der Waals surface area contributed by atoms with Crippen LogP contribution in [0, 0.1) is 0 Å². The molecule has 0 aliphatic carbocycles. The summed E-state index contributed by atoms with van der Waals surface area (Å²) in [6.45, 7) is 0. The van der Waals surface area contributed by atoms with E-state index in [1.165, 1.54) is 20.3 Å². The highest BCUT2D eigenvalue weighted by Gasteiger charge is 2.11. The van der Waals surface area contributed by atoms with Crippen LogP contribution in [-0.4, -0.2) is 35.5 Å². The van der Waals surface area contributed by atoms with E-state index >= 15 is 0 Å². The summed E-state index contributed by atoms with van der Waals surface area (Å²) >= 11 is 0. The smallest absolute Gasteiger partial charge is 0.308 e. The standard InChI is InChI=1S/C8H10N2O4/c1-13-6-3-5(4-7(11)12)8(14-2)10-9-6/h3H,4H2,1-2H3,(H,11,12). The number of ether oxygens (including phenoxy) is 2. The van der Waals surface area contributed by atoms with Crippen molar-refractivity contribution in [3.63, 3.8) is 0 Å². The van der Waals surface area contributed by atoms with Crippen LogP contribution in [0.5, 0.6) is 11.8 Å². The van der Waals surface area contributed by atoms with Crippen molar-refractivity contribution in [2.24, 2.45) is 0 Å². The van der Waals surface area contributed by atoms with Crippen molar-refractivity contribution in [3.05, 3.63) is 11.6 Å². The minimum atomic E-state index is -0.960. The molecule has 1 rings (SSSR count). The highest BCUT2D eigenvalue weighted by Crippen LogP contribution is 2.18. The fourth-order valence-corrected chi connectivity index (χ4v) is 0.960. The van der Waals surface area contributed by atoms with E-state index in [2.05, 4.69) is 10.2 Å². The Labute approximate surface area is 80.5 Å². The predicted octanol–water partition coefficient (Wildman–Crippen LogP) is 0.121. The van der Waals surface area contributed by atoms with Crippen LogP contribution < -0.4 is 9.47 Å². The summed E-state index contributed by atoms with van der Waals surface area (Å²) in [4.78, 5) is 10.5. The summed E-state index contributed by atoms with van der Waals surface area (Å²) in [7, 11) is 2.84. The molecular weight excluding hydrogens is 188 g/mol. The van der Waals surface area contributed by atoms with E-state index in [1.54, 1.807) is 0 Å². The zero-order valence-electron chi connectivity index (χ0n) is 7.85. The Morgan fingerprint density at radius 2 is 2.14 bits per heavy atom. The van der Waals surface area contributed by atoms with Gasteiger partial charge >= 0.3 is 5.97 Å². The Morgan fingerprint density at radius 3 is 2.64 bits per heavy atom. The maximum atomic E-state index is 10.5. The lowest BCUT2D eigenvalue weighted by Crippen LogP contribution is -2.05. The average Bonchev–Trinajstić information content (AvgIpc) is 2.16. The second kappa shape index (κ2) is 4.40. The number of nitrogens with zero attached hydrogens (tertiary/aromatic N) is 2. The van der Waals surface area contributed by atoms with Crippen LogP contribution in [0.2, 0.25) is 0 Å². The molecule has 0 saturated carbocycles. The molecule has 14 heavy (non-hydrogen) atoms. The number of methoxy groups -OCH3 is 2. The highest BCUT2D eigenvalue weighted by atomic mass is 16.5. The molecular formula is C8H10N2O4. The van der Waals surface area contributed by atoms with Crippen LogP contribution in [0.3, 0.4) is 0 Å². The van der Waals surface area contributed by atoms with Gasteiger partial charge in [0.25, 0.3) is 0 Å². The Kier molecular flexibility index (Phi) is 3.22. The summed E-state index contributed by atoms with van der Waals surface area (Å²) in [5.41, 5.74) is 0.437. The first-order valence-electron chi connectivity index (χ1n) is 3.83. The maximum absolute atomic E-state index is 10.5. The lowest BCUT2D eigenvalue weighted by Gasteiger charge is -2.05. The summed E-state index contributed by atoms with van der Waals surface area (Å²) < 4.78 is 9.67. The van der Waals surface area contributed by atoms with Gasteiger partial charge in [-0.3, -0.25) is 4.79 Å². The molecule has 0 aromatic carbocycles. The van der Waals surface area contributed by atoms with E-state index in [-0.39, 0.29) is 18.2 Å². The monoisotopic (exact) mass is 198 g/mol. The van der Waals surface area contributed by atoms with Crippen molar-refractivity contribution in [1.29, 1.82) is 0 Å². The van der Waals surface area contributed by atoms with Gasteiger partial charge in [-0.2, -0.15) is 0 Å². The van der Waals surface area contributed by atoms with Crippen LogP contribution in [0.25, 0.3) is 0 Å². The van der Waals surface area contributed by atoms with Crippen molar-refractivity contribution in [2.45, 2.75) is 6.42 Å². The molecule has 0 saturated heterocycles. The van der Waals surface area contributed by atoms with Crippen molar-refractivity contribution in [2.75, 3.05) is 14.2 Å². The normalized spacial score (nSPS) is 9.57. The van der Waals surface area contributed by atoms with Crippen LogP contribution in [0.4, 0.5) is 0 Å². The Morgan fingerprint density at radius 1 is 1.43 bits per heavy atom. The Bertz CT molecular complexity index is 340. The zero-order valence-corrected chi connectivity index (χ0v) is 7.85. The second-order valence-electron chi connectivity index (χ2n) is 2.49. The van der Waals surface area contributed by atoms with Gasteiger partial charge in [-0.1, -0.05) is 0 Å². The van der Waals surface area contributed by atoms with E-state index in [4.69, 9.17) is 14.6 Å². The molecule has 1 N–H and O–H groups in total. The van der Waals surface area contributed by atoms with Crippen molar-refractivity contribution < 1.29 is 19.4 Å². The van der Waals surface area contributed by atoms with Gasteiger partial charge in [0.2, 0.25) is 11.8 Å². The third kappa shape index (κ3) is 2.32. The van der Waals surface area contributed by atoms with Gasteiger partial charge in [0.15, 0.2) is 0 Å². The van der Waals surface area contributed by atoms with Gasteiger partial charge in [0.1, 0.15) is 0 Å². The number of carbonyl (C=O) groups is 1. The van der Waals surface area contributed by atoms with E-state index < -0.39 is 5.97 Å². The van der Waals surface area contributed by atoms with E-state index in [0.717, 1.165) is 0 Å². The molecule has 0 bridgehead atoms. The van der Waals surface area contributed by atoms with Crippen LogP contribution in [0.15, 0.2) is 6.07 Å². The average molecular weight is 198 g/mol. The molecule has 76 valence electrons. The van der Waals surface area contributed by atoms with Crippen molar-refractivity contribution in [3.8, 4) is 11.8 Å². The zero-order chi connectivity index (χ0) is 10.6. The number of rotatable bonds is 4. The molecule has 0 radical (unpaired) electrons. The van der Waals surface area contributed by atoms with Crippen LogP contribution in [0.1, 0.15) is 5.56 Å². The number of carboxylic acids is 1. The highest BCUT2D eigenvalue weighted by molar-refractivity contribution is 5.71. The fraction of sp³-hybridized carbons (Fsp3) is 0.375. The molecule has 1 aromatic heterocycles. The van der Waals surface area contributed by atoms with E-state index in [0.29, 0.717) is 5.56 Å². The first kappa shape index (κ1) is 10.2. The van der Waals surface area contributed by atoms with E-state index in [9.17, 15) is 4.79 Å². The first-order valence-corrected chi connectivity index (χ1v) is 3.83. The largest absolute Gasteiger partial charge is 0.481 e. The van der Waals surface area contributed by atoms with Crippen LogP contribution in [-0.2, 0) is 11.2 Å². The molecule has 0 aliphatic rings. The number of hydrogen-bond acceptors (Lipinski definition) is 5. The summed E-state index contributed by atoms with van der Waals surface area (Å²) in [5.74, 6) is -0.492. The quantitative estimate of drug-likeness (QED) is 0.740. The molecule has 0 spiro atoms. The number of aromatic nitrogens is 2. The molecule has 0 aliphatic heterocycles. The molecule has 0 unspecified atom stereocenters. The molecule has 1 heterocycles. The summed E-state index contributed by atoms with van der Waals surface area (Å²) in [6, 6.07) is 1.49. The van der Waals surface area contributed by atoms with Gasteiger partial charge < -0.3 is 14.6 Å². The number of aliphatic carboxylic acids is 1. The van der Waals surface area contributed by atoms with E-state index in [1.807, 2.05) is 0 Å². The van der Waals surface area contributed by atoms with Crippen molar-refractivity contribution >= 4 is 5.97 Å². The molecule has 0 fully saturated rings.